The molecule has 1 fully saturated rings. The second-order valence-electron chi connectivity index (χ2n) is 4.56. The molecule has 0 aliphatic heterocycles. The third-order valence-corrected chi connectivity index (χ3v) is 3.08. The van der Waals surface area contributed by atoms with Gasteiger partial charge in [-0.05, 0) is 19.3 Å². The molecular formula is C13H22O2. The molecule has 1 rings (SSSR count). The van der Waals surface area contributed by atoms with Gasteiger partial charge in [-0.3, -0.25) is 0 Å². The van der Waals surface area contributed by atoms with E-state index in [0.717, 1.165) is 12.3 Å². The fourth-order valence-electron chi connectivity index (χ4n) is 2.09. The molecule has 1 aliphatic rings. The second-order valence-corrected chi connectivity index (χ2v) is 4.56. The lowest BCUT2D eigenvalue weighted by atomic mass is 9.97. The Bertz CT molecular complexity index is 213. The molecule has 2 nitrogen and oxygen atoms in total. The monoisotopic (exact) mass is 210 g/mol. The molecule has 15 heavy (non-hydrogen) atoms. The maximum absolute atomic E-state index is 11.1. The van der Waals surface area contributed by atoms with Crippen LogP contribution in [0.15, 0.2) is 12.2 Å². The molecule has 0 aromatic rings. The van der Waals surface area contributed by atoms with Crippen molar-refractivity contribution in [3.05, 3.63) is 12.2 Å². The molecule has 0 spiro atoms. The van der Waals surface area contributed by atoms with E-state index in [1.165, 1.54) is 38.5 Å². The molecule has 0 amide bonds. The van der Waals surface area contributed by atoms with Crippen molar-refractivity contribution in [1.29, 1.82) is 0 Å². The van der Waals surface area contributed by atoms with Gasteiger partial charge in [-0.15, -0.1) is 0 Å². The highest BCUT2D eigenvalue weighted by molar-refractivity contribution is 5.86. The Hall–Kier alpha value is -0.790. The van der Waals surface area contributed by atoms with Crippen LogP contribution in [0.4, 0.5) is 0 Å². The third kappa shape index (κ3) is 5.01. The lowest BCUT2D eigenvalue weighted by Gasteiger charge is -2.13. The van der Waals surface area contributed by atoms with Crippen LogP contribution in [0.2, 0.25) is 0 Å². The van der Waals surface area contributed by atoms with Crippen molar-refractivity contribution in [3.8, 4) is 0 Å². The van der Waals surface area contributed by atoms with Crippen molar-refractivity contribution in [1.82, 2.24) is 0 Å². The lowest BCUT2D eigenvalue weighted by Crippen LogP contribution is -2.10. The summed E-state index contributed by atoms with van der Waals surface area (Å²) in [7, 11) is 0. The van der Waals surface area contributed by atoms with Crippen LogP contribution < -0.4 is 0 Å². The minimum absolute atomic E-state index is 0.247. The van der Waals surface area contributed by atoms with Gasteiger partial charge in [-0.1, -0.05) is 45.1 Å². The first-order chi connectivity index (χ1) is 7.20. The Morgan fingerprint density at radius 1 is 1.27 bits per heavy atom. The van der Waals surface area contributed by atoms with Crippen LogP contribution in [-0.4, -0.2) is 12.6 Å². The predicted octanol–water partition coefficient (Wildman–Crippen LogP) is 3.47. The molecule has 0 bridgehead atoms. The zero-order valence-electron chi connectivity index (χ0n) is 9.76. The highest BCUT2D eigenvalue weighted by Crippen LogP contribution is 2.25. The van der Waals surface area contributed by atoms with Gasteiger partial charge in [0.1, 0.15) is 0 Å². The molecule has 0 radical (unpaired) electrons. The fourth-order valence-corrected chi connectivity index (χ4v) is 2.09. The highest BCUT2D eigenvalue weighted by atomic mass is 16.5. The van der Waals surface area contributed by atoms with Gasteiger partial charge < -0.3 is 4.74 Å². The van der Waals surface area contributed by atoms with E-state index >= 15 is 0 Å². The van der Waals surface area contributed by atoms with Crippen LogP contribution >= 0.6 is 0 Å². The molecule has 0 N–H and O–H groups in total. The number of hydrogen-bond acceptors (Lipinski definition) is 2. The number of carbonyl (C=O) groups excluding carboxylic acids is 1. The van der Waals surface area contributed by atoms with E-state index in [9.17, 15) is 4.79 Å². The van der Waals surface area contributed by atoms with Gasteiger partial charge >= 0.3 is 5.97 Å². The normalized spacial score (nSPS) is 18.2. The van der Waals surface area contributed by atoms with Gasteiger partial charge in [0.2, 0.25) is 0 Å². The first-order valence-corrected chi connectivity index (χ1v) is 6.03. The van der Waals surface area contributed by atoms with Crippen LogP contribution in [0.25, 0.3) is 0 Å². The molecule has 86 valence electrons. The lowest BCUT2D eigenvalue weighted by molar-refractivity contribution is -0.139. The molecule has 0 aromatic carbocycles. The molecule has 0 saturated heterocycles. The smallest absolute Gasteiger partial charge is 0.333 e. The average Bonchev–Trinajstić information content (AvgIpc) is 2.46. The van der Waals surface area contributed by atoms with Crippen LogP contribution in [-0.2, 0) is 9.53 Å². The van der Waals surface area contributed by atoms with Crippen LogP contribution in [0, 0.1) is 5.92 Å². The quantitative estimate of drug-likeness (QED) is 0.403. The summed E-state index contributed by atoms with van der Waals surface area (Å²) in [4.78, 5) is 11.1. The van der Waals surface area contributed by atoms with Crippen molar-refractivity contribution in [3.63, 3.8) is 0 Å². The topological polar surface area (TPSA) is 26.3 Å². The SMILES string of the molecule is C=C(C)C(=O)OCCC1CCCCCC1. The number of esters is 1. The predicted molar refractivity (Wildman–Crippen MR) is 61.6 cm³/mol. The Morgan fingerprint density at radius 3 is 2.40 bits per heavy atom. The first-order valence-electron chi connectivity index (χ1n) is 6.03. The van der Waals surface area contributed by atoms with E-state index in [2.05, 4.69) is 6.58 Å². The number of carbonyl (C=O) groups is 1. The largest absolute Gasteiger partial charge is 0.462 e. The van der Waals surface area contributed by atoms with Crippen molar-refractivity contribution in [2.24, 2.45) is 5.92 Å². The van der Waals surface area contributed by atoms with Gasteiger partial charge in [-0.2, -0.15) is 0 Å². The first kappa shape index (κ1) is 12.3. The van der Waals surface area contributed by atoms with E-state index in [4.69, 9.17) is 4.74 Å². The Morgan fingerprint density at radius 2 is 1.87 bits per heavy atom. The van der Waals surface area contributed by atoms with E-state index in [-0.39, 0.29) is 5.97 Å². The minimum atomic E-state index is -0.247. The zero-order chi connectivity index (χ0) is 11.1. The van der Waals surface area contributed by atoms with Crippen LogP contribution in [0.5, 0.6) is 0 Å². The molecule has 1 saturated carbocycles. The van der Waals surface area contributed by atoms with Crippen molar-refractivity contribution >= 4 is 5.97 Å². The Labute approximate surface area is 92.7 Å². The second kappa shape index (κ2) is 6.65. The number of rotatable bonds is 4. The summed E-state index contributed by atoms with van der Waals surface area (Å²) in [6, 6.07) is 0. The van der Waals surface area contributed by atoms with Crippen LogP contribution in [0.1, 0.15) is 51.9 Å². The summed E-state index contributed by atoms with van der Waals surface area (Å²) in [5.41, 5.74) is 0.496. The maximum Gasteiger partial charge on any atom is 0.333 e. The van der Waals surface area contributed by atoms with Crippen molar-refractivity contribution in [2.45, 2.75) is 51.9 Å². The molecule has 1 aliphatic carbocycles. The highest BCUT2D eigenvalue weighted by Gasteiger charge is 2.12. The number of hydrogen-bond donors (Lipinski definition) is 0. The third-order valence-electron chi connectivity index (χ3n) is 3.08. The van der Waals surface area contributed by atoms with Gasteiger partial charge in [0.05, 0.1) is 6.61 Å². The molecular weight excluding hydrogens is 188 g/mol. The molecule has 0 atom stereocenters. The molecule has 0 heterocycles. The number of ether oxygens (including phenoxy) is 1. The van der Waals surface area contributed by atoms with Gasteiger partial charge in [-0.25, -0.2) is 4.79 Å². The van der Waals surface area contributed by atoms with Gasteiger partial charge in [0.25, 0.3) is 0 Å². The zero-order valence-corrected chi connectivity index (χ0v) is 9.76. The van der Waals surface area contributed by atoms with E-state index in [1.54, 1.807) is 6.92 Å². The minimum Gasteiger partial charge on any atom is -0.462 e. The van der Waals surface area contributed by atoms with E-state index in [1.807, 2.05) is 0 Å². The molecule has 0 unspecified atom stereocenters. The van der Waals surface area contributed by atoms with Crippen molar-refractivity contribution in [2.75, 3.05) is 6.61 Å². The summed E-state index contributed by atoms with van der Waals surface area (Å²) < 4.78 is 5.11. The summed E-state index contributed by atoms with van der Waals surface area (Å²) >= 11 is 0. The van der Waals surface area contributed by atoms with Gasteiger partial charge in [0.15, 0.2) is 0 Å². The van der Waals surface area contributed by atoms with Crippen molar-refractivity contribution < 1.29 is 9.53 Å². The summed E-state index contributed by atoms with van der Waals surface area (Å²) in [5.74, 6) is 0.522. The average molecular weight is 210 g/mol. The Kier molecular flexibility index (Phi) is 5.44. The van der Waals surface area contributed by atoms with Crippen LogP contribution in [0.3, 0.4) is 0 Å². The Balaban J connectivity index is 2.13. The summed E-state index contributed by atoms with van der Waals surface area (Å²) in [6.07, 6.45) is 9.09. The molecule has 0 aromatic heterocycles. The summed E-state index contributed by atoms with van der Waals surface area (Å²) in [5, 5.41) is 0. The standard InChI is InChI=1S/C13H22O2/c1-11(2)13(14)15-10-9-12-7-5-3-4-6-8-12/h12H,1,3-10H2,2H3. The molecule has 2 heteroatoms. The fraction of sp³-hybridized carbons (Fsp3) is 0.769. The van der Waals surface area contributed by atoms with E-state index in [0.29, 0.717) is 12.2 Å². The van der Waals surface area contributed by atoms with Gasteiger partial charge in [0, 0.05) is 5.57 Å². The maximum atomic E-state index is 11.1. The summed E-state index contributed by atoms with van der Waals surface area (Å²) in [6.45, 7) is 5.82. The van der Waals surface area contributed by atoms with E-state index < -0.39 is 0 Å².